The third kappa shape index (κ3) is 7.67. The summed E-state index contributed by atoms with van der Waals surface area (Å²) >= 11 is 6.29. The van der Waals surface area contributed by atoms with Crippen molar-refractivity contribution in [3.63, 3.8) is 0 Å². The molecule has 172 valence electrons. The van der Waals surface area contributed by atoms with Crippen molar-refractivity contribution in [2.45, 2.75) is 26.4 Å². The normalized spacial score (nSPS) is 11.1. The molecule has 0 saturated carbocycles. The van der Waals surface area contributed by atoms with Gasteiger partial charge in [-0.2, -0.15) is 0 Å². The Hall–Kier alpha value is -2.33. The number of hydrogen-bond donors (Lipinski definition) is 2. The van der Waals surface area contributed by atoms with Gasteiger partial charge in [-0.3, -0.25) is 0 Å². The Labute approximate surface area is 212 Å². The van der Waals surface area contributed by atoms with Crippen LogP contribution in [0.5, 0.6) is 0 Å². The summed E-state index contributed by atoms with van der Waals surface area (Å²) in [6.45, 7) is 4.71. The highest BCUT2D eigenvalue weighted by Gasteiger charge is 2.07. The summed E-state index contributed by atoms with van der Waals surface area (Å²) in [7, 11) is 4.07. The van der Waals surface area contributed by atoms with E-state index in [2.05, 4.69) is 57.0 Å². The van der Waals surface area contributed by atoms with Crippen LogP contribution in [0.2, 0.25) is 5.02 Å². The van der Waals surface area contributed by atoms with Crippen LogP contribution in [0, 0.1) is 6.92 Å². The Bertz CT molecular complexity index is 991. The summed E-state index contributed by atoms with van der Waals surface area (Å²) in [6.07, 6.45) is 0.973. The predicted octanol–water partition coefficient (Wildman–Crippen LogP) is 4.16. The zero-order valence-corrected chi connectivity index (χ0v) is 21.8. The third-order valence-corrected chi connectivity index (χ3v) is 5.49. The Balaban J connectivity index is 0.00000363. The minimum atomic E-state index is 0. The van der Waals surface area contributed by atoms with Crippen LogP contribution >= 0.6 is 35.6 Å². The molecule has 0 aliphatic heterocycles. The minimum Gasteiger partial charge on any atom is -0.375 e. The first-order chi connectivity index (χ1) is 15.0. The van der Waals surface area contributed by atoms with Crippen LogP contribution in [0.25, 0.3) is 0 Å². The van der Waals surface area contributed by atoms with Crippen LogP contribution < -0.4 is 15.5 Å². The standard InChI is InChI=1S/C23H30ClN7.HI/c1-18-28-29-22(31(18)3)17-27-23(26-16-19-10-7-8-13-21(19)24)25-14-9-15-30(2)20-11-5-4-6-12-20;/h4-8,10-13H,9,14-17H2,1-3H3,(H2,25,26,27);1H. The molecule has 7 nitrogen and oxygen atoms in total. The van der Waals surface area contributed by atoms with Gasteiger partial charge < -0.3 is 20.1 Å². The van der Waals surface area contributed by atoms with E-state index in [1.54, 1.807) is 0 Å². The number of rotatable bonds is 9. The number of nitrogens with one attached hydrogen (secondary N) is 2. The first-order valence-corrected chi connectivity index (χ1v) is 10.8. The molecule has 32 heavy (non-hydrogen) atoms. The summed E-state index contributed by atoms with van der Waals surface area (Å²) in [5, 5.41) is 15.8. The van der Waals surface area contributed by atoms with Gasteiger partial charge in [-0.15, -0.1) is 34.2 Å². The summed E-state index contributed by atoms with van der Waals surface area (Å²) < 4.78 is 1.97. The van der Waals surface area contributed by atoms with Crippen molar-refractivity contribution in [3.8, 4) is 0 Å². The molecule has 1 heterocycles. The maximum Gasteiger partial charge on any atom is 0.191 e. The van der Waals surface area contributed by atoms with Crippen molar-refractivity contribution >= 4 is 47.2 Å². The van der Waals surface area contributed by atoms with Gasteiger partial charge in [-0.05, 0) is 37.1 Å². The van der Waals surface area contributed by atoms with Crippen LogP contribution in [0.1, 0.15) is 23.6 Å². The summed E-state index contributed by atoms with van der Waals surface area (Å²) in [5.74, 6) is 2.46. The van der Waals surface area contributed by atoms with Crippen LogP contribution in [-0.4, -0.2) is 40.9 Å². The van der Waals surface area contributed by atoms with Crippen molar-refractivity contribution in [2.75, 3.05) is 25.0 Å². The number of guanidine groups is 1. The van der Waals surface area contributed by atoms with E-state index in [-0.39, 0.29) is 24.0 Å². The molecule has 0 aliphatic carbocycles. The van der Waals surface area contributed by atoms with Crippen molar-refractivity contribution < 1.29 is 0 Å². The van der Waals surface area contributed by atoms with Gasteiger partial charge in [0.1, 0.15) is 5.82 Å². The molecule has 0 radical (unpaired) electrons. The molecule has 1 aromatic heterocycles. The van der Waals surface area contributed by atoms with Gasteiger partial charge in [-0.1, -0.05) is 48.0 Å². The number of halogens is 2. The van der Waals surface area contributed by atoms with Crippen molar-refractivity contribution in [1.29, 1.82) is 0 Å². The Morgan fingerprint density at radius 1 is 1.06 bits per heavy atom. The molecule has 3 aromatic rings. The molecule has 0 bridgehead atoms. The lowest BCUT2D eigenvalue weighted by atomic mass is 10.2. The van der Waals surface area contributed by atoms with Gasteiger partial charge >= 0.3 is 0 Å². The molecule has 3 rings (SSSR count). The first kappa shape index (κ1) is 25.9. The van der Waals surface area contributed by atoms with E-state index in [1.807, 2.05) is 48.9 Å². The van der Waals surface area contributed by atoms with Gasteiger partial charge in [0.2, 0.25) is 0 Å². The number of aryl methyl sites for hydroxylation is 1. The fourth-order valence-corrected chi connectivity index (χ4v) is 3.26. The van der Waals surface area contributed by atoms with Crippen LogP contribution in [0.3, 0.4) is 0 Å². The summed E-state index contributed by atoms with van der Waals surface area (Å²) in [6, 6.07) is 18.2. The number of aromatic nitrogens is 3. The van der Waals surface area contributed by atoms with Gasteiger partial charge in [0.25, 0.3) is 0 Å². The van der Waals surface area contributed by atoms with E-state index in [0.717, 1.165) is 47.7 Å². The lowest BCUT2D eigenvalue weighted by Gasteiger charge is -2.19. The second-order valence-corrected chi connectivity index (χ2v) is 7.78. The second kappa shape index (κ2) is 13.3. The van der Waals surface area contributed by atoms with E-state index in [4.69, 9.17) is 16.6 Å². The van der Waals surface area contributed by atoms with E-state index in [1.165, 1.54) is 5.69 Å². The molecular weight excluding hydrogens is 537 g/mol. The maximum absolute atomic E-state index is 6.29. The Morgan fingerprint density at radius 2 is 1.78 bits per heavy atom. The third-order valence-electron chi connectivity index (χ3n) is 5.12. The fraction of sp³-hybridized carbons (Fsp3) is 0.348. The van der Waals surface area contributed by atoms with Gasteiger partial charge in [0.15, 0.2) is 11.8 Å². The maximum atomic E-state index is 6.29. The first-order valence-electron chi connectivity index (χ1n) is 10.4. The van der Waals surface area contributed by atoms with Crippen molar-refractivity contribution in [1.82, 2.24) is 25.4 Å². The topological polar surface area (TPSA) is 70.4 Å². The Morgan fingerprint density at radius 3 is 2.47 bits per heavy atom. The zero-order chi connectivity index (χ0) is 22.1. The number of aliphatic imine (C=N–C) groups is 1. The SMILES string of the molecule is Cc1nnc(CNC(=NCc2ccccc2Cl)NCCCN(C)c2ccccc2)n1C.I. The van der Waals surface area contributed by atoms with Gasteiger partial charge in [0.05, 0.1) is 13.1 Å². The van der Waals surface area contributed by atoms with E-state index >= 15 is 0 Å². The minimum absolute atomic E-state index is 0. The molecule has 2 aromatic carbocycles. The van der Waals surface area contributed by atoms with Gasteiger partial charge in [-0.25, -0.2) is 4.99 Å². The van der Waals surface area contributed by atoms with Crippen LogP contribution in [-0.2, 0) is 20.1 Å². The average Bonchev–Trinajstić information content (AvgIpc) is 3.11. The molecule has 0 spiro atoms. The van der Waals surface area contributed by atoms with E-state index in [9.17, 15) is 0 Å². The predicted molar refractivity (Wildman–Crippen MR) is 143 cm³/mol. The van der Waals surface area contributed by atoms with Crippen LogP contribution in [0.4, 0.5) is 5.69 Å². The summed E-state index contributed by atoms with van der Waals surface area (Å²) in [4.78, 5) is 6.97. The molecule has 0 atom stereocenters. The lowest BCUT2D eigenvalue weighted by molar-refractivity contribution is 0.697. The Kier molecular flexibility index (Phi) is 10.8. The highest BCUT2D eigenvalue weighted by molar-refractivity contribution is 14.0. The average molecular weight is 568 g/mol. The molecule has 0 aliphatic rings. The number of para-hydroxylation sites is 1. The van der Waals surface area contributed by atoms with E-state index in [0.29, 0.717) is 13.1 Å². The second-order valence-electron chi connectivity index (χ2n) is 7.37. The number of benzene rings is 2. The van der Waals surface area contributed by atoms with E-state index < -0.39 is 0 Å². The molecule has 0 amide bonds. The number of nitrogens with zero attached hydrogens (tertiary/aromatic N) is 5. The zero-order valence-electron chi connectivity index (χ0n) is 18.8. The van der Waals surface area contributed by atoms with Crippen molar-refractivity contribution in [3.05, 3.63) is 76.8 Å². The quantitative estimate of drug-likeness (QED) is 0.176. The molecule has 9 heteroatoms. The molecule has 0 unspecified atom stereocenters. The molecular formula is C23H31ClIN7. The highest BCUT2D eigenvalue weighted by Crippen LogP contribution is 2.15. The largest absolute Gasteiger partial charge is 0.375 e. The number of hydrogen-bond acceptors (Lipinski definition) is 4. The fourth-order valence-electron chi connectivity index (χ4n) is 3.07. The lowest BCUT2D eigenvalue weighted by Crippen LogP contribution is -2.39. The summed E-state index contributed by atoms with van der Waals surface area (Å²) in [5.41, 5.74) is 2.20. The molecule has 0 fully saturated rings. The monoisotopic (exact) mass is 567 g/mol. The van der Waals surface area contributed by atoms with Crippen molar-refractivity contribution in [2.24, 2.45) is 12.0 Å². The smallest absolute Gasteiger partial charge is 0.191 e. The number of anilines is 1. The molecule has 2 N–H and O–H groups in total. The van der Waals surface area contributed by atoms with Gasteiger partial charge in [0, 0.05) is 37.9 Å². The molecule has 0 saturated heterocycles. The highest BCUT2D eigenvalue weighted by atomic mass is 127. The van der Waals surface area contributed by atoms with Crippen LogP contribution in [0.15, 0.2) is 59.6 Å².